The van der Waals surface area contributed by atoms with Crippen molar-refractivity contribution in [3.8, 4) is 11.5 Å². The lowest BCUT2D eigenvalue weighted by Crippen LogP contribution is -2.37. The molecule has 2 aliphatic carbocycles. The summed E-state index contributed by atoms with van der Waals surface area (Å²) in [4.78, 5) is 28.5. The van der Waals surface area contributed by atoms with Crippen molar-refractivity contribution in [2.24, 2.45) is 0 Å². The lowest BCUT2D eigenvalue weighted by Gasteiger charge is -2.42. The summed E-state index contributed by atoms with van der Waals surface area (Å²) in [6, 6.07) is 3.95. The molecule has 166 valence electrons. The van der Waals surface area contributed by atoms with E-state index in [2.05, 4.69) is 20.8 Å². The van der Waals surface area contributed by atoms with Gasteiger partial charge in [-0.3, -0.25) is 9.59 Å². The Kier molecular flexibility index (Phi) is 6.29. The van der Waals surface area contributed by atoms with Gasteiger partial charge in [0.1, 0.15) is 0 Å². The number of ether oxygens (including phenoxy) is 2. The van der Waals surface area contributed by atoms with E-state index in [1.165, 1.54) is 0 Å². The molecule has 0 saturated heterocycles. The van der Waals surface area contributed by atoms with E-state index in [0.29, 0.717) is 30.9 Å². The van der Waals surface area contributed by atoms with Gasteiger partial charge in [-0.2, -0.15) is 0 Å². The molecule has 1 aromatic carbocycles. The number of nitrogens with zero attached hydrogens (tertiary/aromatic N) is 1. The maximum Gasteiger partial charge on any atom is 0.175 e. The van der Waals surface area contributed by atoms with Crippen molar-refractivity contribution in [1.29, 1.82) is 0 Å². The summed E-state index contributed by atoms with van der Waals surface area (Å²) in [6.45, 7) is 6.38. The van der Waals surface area contributed by atoms with E-state index < -0.39 is 0 Å². The van der Waals surface area contributed by atoms with Gasteiger partial charge in [0.15, 0.2) is 23.1 Å². The Balaban J connectivity index is 1.93. The lowest BCUT2D eigenvalue weighted by atomic mass is 9.71. The first kappa shape index (κ1) is 22.1. The molecule has 0 fully saturated rings. The molecule has 0 unspecified atom stereocenters. The third-order valence-corrected chi connectivity index (χ3v) is 6.85. The number of ketones is 2. The minimum atomic E-state index is -0.342. The summed E-state index contributed by atoms with van der Waals surface area (Å²) >= 11 is 3.66. The fraction of sp³-hybridized carbons (Fsp3) is 0.520. The largest absolute Gasteiger partial charge is 0.490 e. The molecule has 0 saturated carbocycles. The van der Waals surface area contributed by atoms with Crippen LogP contribution in [0.15, 0.2) is 39.1 Å². The number of hydrogen-bond donors (Lipinski definition) is 0. The van der Waals surface area contributed by atoms with Gasteiger partial charge in [-0.1, -0.05) is 0 Å². The second-order valence-electron chi connectivity index (χ2n) is 8.70. The molecule has 31 heavy (non-hydrogen) atoms. The zero-order valence-corrected chi connectivity index (χ0v) is 20.3. The zero-order valence-electron chi connectivity index (χ0n) is 18.7. The van der Waals surface area contributed by atoms with E-state index in [1.54, 1.807) is 0 Å². The summed E-state index contributed by atoms with van der Waals surface area (Å²) in [6.07, 6.45) is 4.52. The number of carbonyl (C=O) groups excluding carboxylic acids is 2. The van der Waals surface area contributed by atoms with Crippen LogP contribution in [0.1, 0.15) is 70.8 Å². The highest BCUT2D eigenvalue weighted by molar-refractivity contribution is 9.10. The number of hydrogen-bond acceptors (Lipinski definition) is 5. The summed E-state index contributed by atoms with van der Waals surface area (Å²) in [5.41, 5.74) is 4.63. The van der Waals surface area contributed by atoms with Crippen LogP contribution in [0, 0.1) is 0 Å². The van der Waals surface area contributed by atoms with E-state index >= 15 is 0 Å². The molecule has 3 aliphatic rings. The molecule has 4 rings (SSSR count). The fourth-order valence-corrected chi connectivity index (χ4v) is 5.61. The summed E-state index contributed by atoms with van der Waals surface area (Å²) in [7, 11) is 2.01. The van der Waals surface area contributed by atoms with E-state index in [0.717, 1.165) is 58.3 Å². The Labute approximate surface area is 192 Å². The van der Waals surface area contributed by atoms with Crippen LogP contribution < -0.4 is 9.47 Å². The van der Waals surface area contributed by atoms with Crippen molar-refractivity contribution < 1.29 is 19.1 Å². The molecule has 0 aromatic heterocycles. The maximum atomic E-state index is 13.2. The molecular formula is C25H30BrNO4. The molecule has 0 N–H and O–H groups in total. The Morgan fingerprint density at radius 1 is 1.03 bits per heavy atom. The van der Waals surface area contributed by atoms with Gasteiger partial charge in [-0.05, 0) is 80.1 Å². The molecule has 0 spiro atoms. The Hall–Kier alpha value is -2.08. The van der Waals surface area contributed by atoms with Crippen molar-refractivity contribution in [3.63, 3.8) is 0 Å². The monoisotopic (exact) mass is 487 g/mol. The Morgan fingerprint density at radius 2 is 1.61 bits per heavy atom. The SMILES string of the molecule is CCOc1cc(C2C3=C(CCCC3=O)N(C)C3=C2C(=O)CCC3)cc(Br)c1OC(C)C. The molecule has 1 aromatic rings. The molecule has 0 amide bonds. The second-order valence-corrected chi connectivity index (χ2v) is 9.55. The molecule has 5 nitrogen and oxygen atoms in total. The van der Waals surface area contributed by atoms with Crippen LogP contribution in [-0.2, 0) is 9.59 Å². The lowest BCUT2D eigenvalue weighted by molar-refractivity contribution is -0.117. The van der Waals surface area contributed by atoms with Crippen LogP contribution in [0.4, 0.5) is 0 Å². The first-order valence-corrected chi connectivity index (χ1v) is 12.0. The highest BCUT2D eigenvalue weighted by Crippen LogP contribution is 2.50. The van der Waals surface area contributed by atoms with Crippen molar-refractivity contribution >= 4 is 27.5 Å². The van der Waals surface area contributed by atoms with Gasteiger partial charge in [0.25, 0.3) is 0 Å². The summed E-state index contributed by atoms with van der Waals surface area (Å²) in [5, 5.41) is 0. The van der Waals surface area contributed by atoms with Gasteiger partial charge < -0.3 is 14.4 Å². The number of allylic oxidation sites excluding steroid dienone is 4. The number of Topliss-reactive ketones (excluding diaryl/α,β-unsaturated/α-hetero) is 2. The van der Waals surface area contributed by atoms with Crippen LogP contribution in [0.25, 0.3) is 0 Å². The molecular weight excluding hydrogens is 458 g/mol. The molecule has 0 atom stereocenters. The summed E-state index contributed by atoms with van der Waals surface area (Å²) < 4.78 is 12.7. The molecule has 1 heterocycles. The number of halogens is 1. The molecule has 0 bridgehead atoms. The quantitative estimate of drug-likeness (QED) is 0.534. The van der Waals surface area contributed by atoms with Crippen LogP contribution in [0.5, 0.6) is 11.5 Å². The fourth-order valence-electron chi connectivity index (χ4n) is 5.05. The number of benzene rings is 1. The van der Waals surface area contributed by atoms with Crippen LogP contribution >= 0.6 is 15.9 Å². The molecule has 0 radical (unpaired) electrons. The second kappa shape index (κ2) is 8.81. The van der Waals surface area contributed by atoms with Crippen molar-refractivity contribution in [1.82, 2.24) is 4.90 Å². The highest BCUT2D eigenvalue weighted by atomic mass is 79.9. The average Bonchev–Trinajstić information content (AvgIpc) is 2.72. The summed E-state index contributed by atoms with van der Waals surface area (Å²) in [5.74, 6) is 1.25. The predicted molar refractivity (Wildman–Crippen MR) is 123 cm³/mol. The molecule has 6 heteroatoms. The van der Waals surface area contributed by atoms with E-state index in [-0.39, 0.29) is 23.6 Å². The normalized spacial score (nSPS) is 19.7. The Morgan fingerprint density at radius 3 is 2.13 bits per heavy atom. The predicted octanol–water partition coefficient (Wildman–Crippen LogP) is 5.68. The maximum absolute atomic E-state index is 13.2. The molecule has 1 aliphatic heterocycles. The van der Waals surface area contributed by atoms with Crippen LogP contribution in [0.2, 0.25) is 0 Å². The minimum absolute atomic E-state index is 0.00634. The van der Waals surface area contributed by atoms with Gasteiger partial charge in [0.2, 0.25) is 0 Å². The topological polar surface area (TPSA) is 55.8 Å². The van der Waals surface area contributed by atoms with Gasteiger partial charge >= 0.3 is 0 Å². The average molecular weight is 488 g/mol. The standard InChI is InChI=1S/C25H30BrNO4/c1-5-30-21-13-15(12-16(26)25(21)31-14(2)3)22-23-17(8-6-10-19(23)28)27(4)18-9-7-11-20(29)24(18)22/h12-14,22H,5-11H2,1-4H3. The first-order chi connectivity index (χ1) is 14.8. The van der Waals surface area contributed by atoms with Crippen molar-refractivity contribution in [3.05, 3.63) is 44.7 Å². The smallest absolute Gasteiger partial charge is 0.175 e. The van der Waals surface area contributed by atoms with Crippen LogP contribution in [0.3, 0.4) is 0 Å². The van der Waals surface area contributed by atoms with Gasteiger partial charge in [-0.25, -0.2) is 0 Å². The van der Waals surface area contributed by atoms with Gasteiger partial charge in [-0.15, -0.1) is 0 Å². The van der Waals surface area contributed by atoms with E-state index in [9.17, 15) is 9.59 Å². The number of rotatable bonds is 5. The van der Waals surface area contributed by atoms with Gasteiger partial charge in [0.05, 0.1) is 17.2 Å². The van der Waals surface area contributed by atoms with Crippen LogP contribution in [-0.4, -0.2) is 36.2 Å². The van der Waals surface area contributed by atoms with Crippen molar-refractivity contribution in [2.45, 2.75) is 71.3 Å². The Bertz CT molecular complexity index is 947. The van der Waals surface area contributed by atoms with Crippen molar-refractivity contribution in [2.75, 3.05) is 13.7 Å². The third kappa shape index (κ3) is 3.95. The van der Waals surface area contributed by atoms with Gasteiger partial charge in [0, 0.05) is 48.3 Å². The number of carbonyl (C=O) groups is 2. The van der Waals surface area contributed by atoms with E-state index in [1.807, 2.05) is 40.0 Å². The third-order valence-electron chi connectivity index (χ3n) is 6.26. The highest BCUT2D eigenvalue weighted by Gasteiger charge is 2.42. The minimum Gasteiger partial charge on any atom is -0.490 e. The first-order valence-electron chi connectivity index (χ1n) is 11.2. The van der Waals surface area contributed by atoms with E-state index in [4.69, 9.17) is 9.47 Å². The zero-order chi connectivity index (χ0) is 22.3.